The molecule has 0 saturated heterocycles. The molecule has 1 aliphatic heterocycles. The first-order chi connectivity index (χ1) is 11.3. The van der Waals surface area contributed by atoms with Crippen LogP contribution in [0.1, 0.15) is 11.4 Å². The summed E-state index contributed by atoms with van der Waals surface area (Å²) in [5, 5.41) is 2.08. The predicted octanol–water partition coefficient (Wildman–Crippen LogP) is 4.19. The summed E-state index contributed by atoms with van der Waals surface area (Å²) in [7, 11) is 0. The second-order valence-electron chi connectivity index (χ2n) is 5.31. The van der Waals surface area contributed by atoms with Crippen molar-refractivity contribution in [1.29, 1.82) is 0 Å². The zero-order chi connectivity index (χ0) is 15.8. The molecule has 0 bridgehead atoms. The molecule has 1 aliphatic rings. The molecule has 4 rings (SSSR count). The Morgan fingerprint density at radius 1 is 1.13 bits per heavy atom. The molecule has 2 heterocycles. The van der Waals surface area contributed by atoms with Crippen LogP contribution in [0.3, 0.4) is 0 Å². The van der Waals surface area contributed by atoms with Crippen LogP contribution in [-0.2, 0) is 0 Å². The van der Waals surface area contributed by atoms with Gasteiger partial charge in [-0.1, -0.05) is 0 Å². The summed E-state index contributed by atoms with van der Waals surface area (Å²) in [5.74, 6) is 0. The first-order valence-corrected chi connectivity index (χ1v) is 10.1. The molecular formula is C19H15NOSSe. The van der Waals surface area contributed by atoms with Gasteiger partial charge in [0.1, 0.15) is 0 Å². The first-order valence-electron chi connectivity index (χ1n) is 7.55. The van der Waals surface area contributed by atoms with Gasteiger partial charge in [0.15, 0.2) is 0 Å². The van der Waals surface area contributed by atoms with E-state index < -0.39 is 0 Å². The number of hydrogen-bond donors (Lipinski definition) is 0. The van der Waals surface area contributed by atoms with Crippen molar-refractivity contribution in [2.75, 3.05) is 11.4 Å². The van der Waals surface area contributed by atoms with Crippen molar-refractivity contribution in [2.45, 2.75) is 11.8 Å². The maximum atomic E-state index is 12.3. The van der Waals surface area contributed by atoms with Crippen molar-refractivity contribution in [2.24, 2.45) is 0 Å². The van der Waals surface area contributed by atoms with Gasteiger partial charge >= 0.3 is 145 Å². The third kappa shape index (κ3) is 2.67. The van der Waals surface area contributed by atoms with E-state index in [1.54, 1.807) is 11.8 Å². The second kappa shape index (κ2) is 6.04. The Kier molecular flexibility index (Phi) is 3.90. The maximum absolute atomic E-state index is 12.3. The van der Waals surface area contributed by atoms with Crippen LogP contribution in [-0.4, -0.2) is 21.0 Å². The van der Waals surface area contributed by atoms with Gasteiger partial charge in [-0.3, -0.25) is 0 Å². The first kappa shape index (κ1) is 14.8. The molecule has 0 amide bonds. The van der Waals surface area contributed by atoms with Gasteiger partial charge in [-0.25, -0.2) is 0 Å². The van der Waals surface area contributed by atoms with Gasteiger partial charge in [0.25, 0.3) is 0 Å². The van der Waals surface area contributed by atoms with E-state index in [4.69, 9.17) is 0 Å². The van der Waals surface area contributed by atoms with E-state index in [9.17, 15) is 4.79 Å². The van der Waals surface area contributed by atoms with Crippen LogP contribution in [0.15, 0.2) is 69.3 Å². The number of anilines is 1. The summed E-state index contributed by atoms with van der Waals surface area (Å²) >= 11 is 1.98. The van der Waals surface area contributed by atoms with E-state index in [1.807, 2.05) is 24.3 Å². The Balaban J connectivity index is 1.81. The standard InChI is InChI=1S/C19H15NOSSe/c1-2-20-15-8-4-5-9-17(15)22-19(20)12-13-11-16(21)14-7-3-6-10-18(14)23-13/h3-12H,2H2,1H3/b19-12+. The molecule has 23 heavy (non-hydrogen) atoms. The fourth-order valence-corrected chi connectivity index (χ4v) is 6.28. The third-order valence-corrected chi connectivity index (χ3v) is 7.18. The quantitative estimate of drug-likeness (QED) is 0.618. The third-order valence-electron chi connectivity index (χ3n) is 3.87. The minimum absolute atomic E-state index is 0.129. The predicted molar refractivity (Wildman–Crippen MR) is 100 cm³/mol. The summed E-state index contributed by atoms with van der Waals surface area (Å²) < 4.78 is 2.33. The minimum atomic E-state index is 0.129. The summed E-state index contributed by atoms with van der Waals surface area (Å²) in [6.07, 6.45) is 2.20. The summed E-state index contributed by atoms with van der Waals surface area (Å²) in [4.78, 5) is 15.9. The van der Waals surface area contributed by atoms with Crippen molar-refractivity contribution < 1.29 is 0 Å². The fraction of sp³-hybridized carbons (Fsp3) is 0.105. The molecule has 3 aromatic rings. The molecule has 0 saturated carbocycles. The van der Waals surface area contributed by atoms with Gasteiger partial charge < -0.3 is 0 Å². The van der Waals surface area contributed by atoms with E-state index in [1.165, 1.54) is 19.9 Å². The number of fused-ring (bicyclic) bond motifs is 2. The summed E-state index contributed by atoms with van der Waals surface area (Å²) in [6, 6.07) is 18.2. The number of hydrogen-bond acceptors (Lipinski definition) is 3. The van der Waals surface area contributed by atoms with E-state index in [-0.39, 0.29) is 19.9 Å². The average Bonchev–Trinajstić information content (AvgIpc) is 2.92. The molecule has 0 aliphatic carbocycles. The summed E-state index contributed by atoms with van der Waals surface area (Å²) in [5.41, 5.74) is 1.39. The molecular weight excluding hydrogens is 369 g/mol. The Labute approximate surface area is 145 Å². The van der Waals surface area contributed by atoms with E-state index in [2.05, 4.69) is 48.2 Å². The SMILES string of the molecule is CCN1/C(=C\c2cc(=O)c3ccccc3[se]2)Sc2ccccc21. The zero-order valence-corrected chi connectivity index (χ0v) is 15.2. The summed E-state index contributed by atoms with van der Waals surface area (Å²) in [6.45, 7) is 3.10. The van der Waals surface area contributed by atoms with Crippen molar-refractivity contribution in [3.63, 3.8) is 0 Å². The van der Waals surface area contributed by atoms with Gasteiger partial charge in [0, 0.05) is 0 Å². The van der Waals surface area contributed by atoms with Crippen molar-refractivity contribution in [1.82, 2.24) is 0 Å². The van der Waals surface area contributed by atoms with Crippen LogP contribution < -0.4 is 10.3 Å². The van der Waals surface area contributed by atoms with E-state index >= 15 is 0 Å². The molecule has 4 heteroatoms. The number of benzene rings is 2. The molecule has 0 spiro atoms. The van der Waals surface area contributed by atoms with E-state index in [0.29, 0.717) is 0 Å². The number of para-hydroxylation sites is 1. The molecule has 0 unspecified atom stereocenters. The molecule has 114 valence electrons. The van der Waals surface area contributed by atoms with Crippen LogP contribution >= 0.6 is 11.8 Å². The Hall–Kier alpha value is -1.74. The zero-order valence-electron chi connectivity index (χ0n) is 12.7. The number of rotatable bonds is 2. The van der Waals surface area contributed by atoms with Crippen molar-refractivity contribution in [3.05, 3.63) is 74.3 Å². The Morgan fingerprint density at radius 2 is 1.91 bits per heavy atom. The topological polar surface area (TPSA) is 20.3 Å². The normalized spacial score (nSPS) is 15.3. The van der Waals surface area contributed by atoms with Crippen LogP contribution in [0.5, 0.6) is 0 Å². The van der Waals surface area contributed by atoms with Crippen LogP contribution in [0.25, 0.3) is 15.7 Å². The monoisotopic (exact) mass is 385 g/mol. The fourth-order valence-electron chi connectivity index (χ4n) is 2.80. The van der Waals surface area contributed by atoms with E-state index in [0.717, 1.165) is 16.4 Å². The van der Waals surface area contributed by atoms with Crippen LogP contribution in [0.2, 0.25) is 0 Å². The Bertz CT molecular complexity index is 976. The molecule has 0 fully saturated rings. The molecule has 1 aromatic heterocycles. The van der Waals surface area contributed by atoms with Crippen molar-refractivity contribution >= 4 is 47.7 Å². The van der Waals surface area contributed by atoms with Gasteiger partial charge in [-0.05, 0) is 0 Å². The van der Waals surface area contributed by atoms with Gasteiger partial charge in [-0.2, -0.15) is 0 Å². The van der Waals surface area contributed by atoms with Crippen LogP contribution in [0, 0.1) is 0 Å². The molecule has 2 aromatic carbocycles. The molecule has 0 radical (unpaired) electrons. The van der Waals surface area contributed by atoms with Crippen molar-refractivity contribution in [3.8, 4) is 0 Å². The number of thioether (sulfide) groups is 1. The van der Waals surface area contributed by atoms with Gasteiger partial charge in [0.05, 0.1) is 0 Å². The average molecular weight is 384 g/mol. The molecule has 0 atom stereocenters. The van der Waals surface area contributed by atoms with Gasteiger partial charge in [-0.15, -0.1) is 0 Å². The second-order valence-corrected chi connectivity index (χ2v) is 8.71. The number of nitrogens with zero attached hydrogens (tertiary/aromatic N) is 1. The molecule has 0 N–H and O–H groups in total. The molecule has 2 nitrogen and oxygen atoms in total. The Morgan fingerprint density at radius 3 is 2.78 bits per heavy atom. The van der Waals surface area contributed by atoms with Crippen LogP contribution in [0.4, 0.5) is 5.69 Å². The van der Waals surface area contributed by atoms with Gasteiger partial charge in [0.2, 0.25) is 0 Å².